The molecule has 0 bridgehead atoms. The fourth-order valence-electron chi connectivity index (χ4n) is 4.07. The van der Waals surface area contributed by atoms with Gasteiger partial charge in [-0.15, -0.1) is 10.2 Å². The van der Waals surface area contributed by atoms with Gasteiger partial charge in [-0.1, -0.05) is 6.07 Å². The molecule has 0 aromatic carbocycles. The molecule has 2 aliphatic heterocycles. The van der Waals surface area contributed by atoms with Crippen LogP contribution >= 0.6 is 0 Å². The fraction of sp³-hybridized carbons (Fsp3) is 0.579. The first-order chi connectivity index (χ1) is 12.7. The second-order valence-electron chi connectivity index (χ2n) is 7.25. The van der Waals surface area contributed by atoms with Crippen molar-refractivity contribution in [2.75, 3.05) is 26.2 Å². The van der Waals surface area contributed by atoms with Crippen LogP contribution in [-0.2, 0) is 9.59 Å². The van der Waals surface area contributed by atoms with E-state index in [1.807, 2.05) is 38.6 Å². The Bertz CT molecular complexity index is 802. The minimum Gasteiger partial charge on any atom is -0.343 e. The van der Waals surface area contributed by atoms with E-state index in [1.165, 1.54) is 0 Å². The smallest absolute Gasteiger partial charge is 0.222 e. The number of rotatable bonds is 5. The van der Waals surface area contributed by atoms with Gasteiger partial charge in [0.05, 0.1) is 0 Å². The van der Waals surface area contributed by atoms with Gasteiger partial charge in [-0.05, 0) is 37.8 Å². The summed E-state index contributed by atoms with van der Waals surface area (Å²) >= 11 is 0. The standard InChI is InChI=1S/C19H25N5O2/c25-17-8-4-10-22(17)11-5-9-18(26)23-12-3-6-15(14-23)19-21-20-16-7-1-2-13-24(16)19/h1-2,7,13,15H,3-6,8-12,14H2. The predicted molar refractivity (Wildman–Crippen MR) is 96.6 cm³/mol. The van der Waals surface area contributed by atoms with Crippen LogP contribution in [-0.4, -0.2) is 62.4 Å². The number of hydrogen-bond acceptors (Lipinski definition) is 4. The van der Waals surface area contributed by atoms with Crippen LogP contribution in [0.4, 0.5) is 0 Å². The topological polar surface area (TPSA) is 70.8 Å². The summed E-state index contributed by atoms with van der Waals surface area (Å²) in [6.07, 6.45) is 6.88. The van der Waals surface area contributed by atoms with Crippen molar-refractivity contribution in [3.8, 4) is 0 Å². The minimum atomic E-state index is 0.190. The number of piperidine rings is 1. The highest BCUT2D eigenvalue weighted by atomic mass is 16.2. The first-order valence-corrected chi connectivity index (χ1v) is 9.57. The van der Waals surface area contributed by atoms with Crippen molar-refractivity contribution in [1.82, 2.24) is 24.4 Å². The Balaban J connectivity index is 1.34. The Morgan fingerprint density at radius 2 is 2.12 bits per heavy atom. The summed E-state index contributed by atoms with van der Waals surface area (Å²) in [4.78, 5) is 28.1. The lowest BCUT2D eigenvalue weighted by Crippen LogP contribution is -2.39. The highest BCUT2D eigenvalue weighted by Gasteiger charge is 2.28. The zero-order valence-electron chi connectivity index (χ0n) is 15.0. The summed E-state index contributed by atoms with van der Waals surface area (Å²) < 4.78 is 2.03. The molecule has 4 rings (SSSR count). The maximum Gasteiger partial charge on any atom is 0.222 e. The first-order valence-electron chi connectivity index (χ1n) is 9.57. The molecular weight excluding hydrogens is 330 g/mol. The highest BCUT2D eigenvalue weighted by Crippen LogP contribution is 2.26. The summed E-state index contributed by atoms with van der Waals surface area (Å²) in [6.45, 7) is 3.07. The summed E-state index contributed by atoms with van der Waals surface area (Å²) in [5, 5.41) is 8.60. The summed E-state index contributed by atoms with van der Waals surface area (Å²) in [5.41, 5.74) is 0.848. The third-order valence-corrected chi connectivity index (χ3v) is 5.47. The van der Waals surface area contributed by atoms with Gasteiger partial charge < -0.3 is 9.80 Å². The van der Waals surface area contributed by atoms with Crippen LogP contribution < -0.4 is 0 Å². The van der Waals surface area contributed by atoms with Crippen LogP contribution in [0.15, 0.2) is 24.4 Å². The number of carbonyl (C=O) groups is 2. The van der Waals surface area contributed by atoms with Crippen LogP contribution in [0.25, 0.3) is 5.65 Å². The fourth-order valence-corrected chi connectivity index (χ4v) is 4.07. The molecule has 0 saturated carbocycles. The number of hydrogen-bond donors (Lipinski definition) is 0. The molecule has 7 heteroatoms. The lowest BCUT2D eigenvalue weighted by atomic mass is 9.97. The Labute approximate surface area is 153 Å². The highest BCUT2D eigenvalue weighted by molar-refractivity contribution is 5.78. The minimum absolute atomic E-state index is 0.190. The Hall–Kier alpha value is -2.44. The van der Waals surface area contributed by atoms with Crippen molar-refractivity contribution in [1.29, 1.82) is 0 Å². The molecule has 26 heavy (non-hydrogen) atoms. The van der Waals surface area contributed by atoms with E-state index in [0.29, 0.717) is 25.9 Å². The molecule has 7 nitrogen and oxygen atoms in total. The summed E-state index contributed by atoms with van der Waals surface area (Å²) in [5.74, 6) is 1.59. The lowest BCUT2D eigenvalue weighted by molar-refractivity contribution is -0.133. The molecule has 0 N–H and O–H groups in total. The van der Waals surface area contributed by atoms with E-state index >= 15 is 0 Å². The van der Waals surface area contributed by atoms with Crippen LogP contribution in [0.3, 0.4) is 0 Å². The van der Waals surface area contributed by atoms with Crippen LogP contribution in [0.2, 0.25) is 0 Å². The Morgan fingerprint density at radius 3 is 2.96 bits per heavy atom. The van der Waals surface area contributed by atoms with Gasteiger partial charge in [0.25, 0.3) is 0 Å². The molecular formula is C19H25N5O2. The van der Waals surface area contributed by atoms with Crippen molar-refractivity contribution in [2.45, 2.75) is 44.4 Å². The van der Waals surface area contributed by atoms with Gasteiger partial charge in [-0.2, -0.15) is 0 Å². The van der Waals surface area contributed by atoms with E-state index in [4.69, 9.17) is 0 Å². The number of nitrogens with zero attached hydrogens (tertiary/aromatic N) is 5. The van der Waals surface area contributed by atoms with Crippen LogP contribution in [0.5, 0.6) is 0 Å². The molecule has 2 saturated heterocycles. The monoisotopic (exact) mass is 355 g/mol. The molecule has 1 unspecified atom stereocenters. The van der Waals surface area contributed by atoms with Crippen molar-refractivity contribution in [2.24, 2.45) is 0 Å². The van der Waals surface area contributed by atoms with Crippen molar-refractivity contribution in [3.63, 3.8) is 0 Å². The SMILES string of the molecule is O=C1CCCN1CCCC(=O)N1CCCC(c2nnc3ccccn23)C1. The van der Waals surface area contributed by atoms with Gasteiger partial charge in [-0.25, -0.2) is 0 Å². The number of carbonyl (C=O) groups excluding carboxylic acids is 2. The Morgan fingerprint density at radius 1 is 1.19 bits per heavy atom. The molecule has 2 aromatic rings. The van der Waals surface area contributed by atoms with Gasteiger partial charge in [0.1, 0.15) is 5.82 Å². The van der Waals surface area contributed by atoms with E-state index < -0.39 is 0 Å². The number of amides is 2. The van der Waals surface area contributed by atoms with Crippen molar-refractivity contribution in [3.05, 3.63) is 30.2 Å². The van der Waals surface area contributed by atoms with Gasteiger partial charge in [-0.3, -0.25) is 14.0 Å². The molecule has 2 amide bonds. The number of aromatic nitrogens is 3. The van der Waals surface area contributed by atoms with Gasteiger partial charge in [0.2, 0.25) is 11.8 Å². The third kappa shape index (κ3) is 3.43. The molecule has 0 aliphatic carbocycles. The number of fused-ring (bicyclic) bond motifs is 1. The van der Waals surface area contributed by atoms with Gasteiger partial charge in [0, 0.05) is 51.1 Å². The van der Waals surface area contributed by atoms with Gasteiger partial charge in [0.15, 0.2) is 5.65 Å². The summed E-state index contributed by atoms with van der Waals surface area (Å²) in [7, 11) is 0. The zero-order valence-corrected chi connectivity index (χ0v) is 15.0. The third-order valence-electron chi connectivity index (χ3n) is 5.47. The second kappa shape index (κ2) is 7.43. The normalized spacial score (nSPS) is 20.9. The first kappa shape index (κ1) is 17.0. The average molecular weight is 355 g/mol. The molecule has 0 radical (unpaired) electrons. The summed E-state index contributed by atoms with van der Waals surface area (Å²) in [6, 6.07) is 5.88. The molecule has 0 spiro atoms. The maximum absolute atomic E-state index is 12.6. The molecule has 2 fully saturated rings. The molecule has 2 aromatic heterocycles. The van der Waals surface area contributed by atoms with Crippen molar-refractivity contribution >= 4 is 17.5 Å². The van der Waals surface area contributed by atoms with E-state index in [2.05, 4.69) is 10.2 Å². The van der Waals surface area contributed by atoms with Crippen LogP contribution in [0, 0.1) is 0 Å². The van der Waals surface area contributed by atoms with Crippen LogP contribution in [0.1, 0.15) is 50.3 Å². The van der Waals surface area contributed by atoms with E-state index in [-0.39, 0.29) is 17.7 Å². The lowest BCUT2D eigenvalue weighted by Gasteiger charge is -2.32. The molecule has 138 valence electrons. The molecule has 4 heterocycles. The maximum atomic E-state index is 12.6. The van der Waals surface area contributed by atoms with Crippen molar-refractivity contribution < 1.29 is 9.59 Å². The number of pyridine rings is 1. The molecule has 2 aliphatic rings. The van der Waals surface area contributed by atoms with E-state index in [0.717, 1.165) is 50.2 Å². The number of likely N-dealkylation sites (tertiary alicyclic amines) is 2. The largest absolute Gasteiger partial charge is 0.343 e. The zero-order chi connectivity index (χ0) is 17.9. The average Bonchev–Trinajstić information content (AvgIpc) is 3.28. The van der Waals surface area contributed by atoms with E-state index in [1.54, 1.807) is 0 Å². The van der Waals surface area contributed by atoms with Gasteiger partial charge >= 0.3 is 0 Å². The molecule has 1 atom stereocenters. The Kier molecular flexibility index (Phi) is 4.86. The van der Waals surface area contributed by atoms with E-state index in [9.17, 15) is 9.59 Å². The second-order valence-corrected chi connectivity index (χ2v) is 7.25. The quantitative estimate of drug-likeness (QED) is 0.820. The predicted octanol–water partition coefficient (Wildman–Crippen LogP) is 1.84.